The van der Waals surface area contributed by atoms with E-state index in [4.69, 9.17) is 14.0 Å². The normalized spacial score (nSPS) is 17.4. The molecule has 0 radical (unpaired) electrons. The van der Waals surface area contributed by atoms with Gasteiger partial charge in [0.2, 0.25) is 6.10 Å². The maximum absolute atomic E-state index is 11.3. The zero-order chi connectivity index (χ0) is 18.7. The van der Waals surface area contributed by atoms with Crippen LogP contribution in [0.5, 0.6) is 0 Å². The van der Waals surface area contributed by atoms with Gasteiger partial charge in [-0.25, -0.2) is 0 Å². The average molecular weight is 309 g/mol. The molecule has 3 atom stereocenters. The molecule has 21 heavy (non-hydrogen) atoms. The summed E-state index contributed by atoms with van der Waals surface area (Å²) in [5, 5.41) is 28.4. The van der Waals surface area contributed by atoms with E-state index in [0.29, 0.717) is 0 Å². The molecule has 9 heteroatoms. The molecule has 0 aromatic carbocycles. The van der Waals surface area contributed by atoms with E-state index in [9.17, 15) is 24.6 Å². The molecule has 9 nitrogen and oxygen atoms in total. The number of ether oxygens (including phenoxy) is 3. The van der Waals surface area contributed by atoms with Gasteiger partial charge in [0.25, 0.3) is 0 Å². The van der Waals surface area contributed by atoms with Crippen LogP contribution in [0.25, 0.3) is 0 Å². The molecule has 0 aromatic heterocycles. The molecule has 0 heterocycles. The highest BCUT2D eigenvalue weighted by Gasteiger charge is 2.37. The van der Waals surface area contributed by atoms with Crippen molar-refractivity contribution in [2.45, 2.75) is 39.0 Å². The minimum absolute atomic E-state index is 0.117. The first-order chi connectivity index (χ1) is 11.3. The first kappa shape index (κ1) is 13.7. The van der Waals surface area contributed by atoms with Crippen LogP contribution in [0.4, 0.5) is 0 Å². The number of aliphatic hydroxyl groups excluding tert-OH is 3. The fourth-order valence-corrected chi connectivity index (χ4v) is 1.28. The Morgan fingerprint density at radius 2 is 1.71 bits per heavy atom. The molecule has 0 unspecified atom stereocenters. The number of hydrogen-bond donors (Lipinski definition) is 3. The van der Waals surface area contributed by atoms with Crippen molar-refractivity contribution >= 4 is 17.9 Å². The van der Waals surface area contributed by atoms with Gasteiger partial charge in [0.05, 0.1) is 0 Å². The van der Waals surface area contributed by atoms with Crippen molar-refractivity contribution in [2.75, 3.05) is 6.61 Å². The van der Waals surface area contributed by atoms with Crippen LogP contribution in [0.3, 0.4) is 0 Å². The van der Waals surface area contributed by atoms with Gasteiger partial charge in [0.1, 0.15) is 19.0 Å². The number of hydrogen-bond acceptors (Lipinski definition) is 9. The van der Waals surface area contributed by atoms with Gasteiger partial charge in [0.15, 0.2) is 11.9 Å². The van der Waals surface area contributed by atoms with Gasteiger partial charge in [-0.15, -0.1) is 0 Å². The molecule has 0 amide bonds. The average Bonchev–Trinajstić information content (AvgIpc) is 2.60. The van der Waals surface area contributed by atoms with Crippen LogP contribution in [0, 0.1) is 0 Å². The highest BCUT2D eigenvalue weighted by Crippen LogP contribution is 2.17. The number of carbonyl (C=O) groups is 3. The smallest absolute Gasteiger partial charge is 0.303 e. The molecule has 0 rings (SSSR count). The molecule has 0 spiro atoms. The lowest BCUT2D eigenvalue weighted by Crippen LogP contribution is -2.46. The van der Waals surface area contributed by atoms with Gasteiger partial charge < -0.3 is 29.5 Å². The second-order valence-electron chi connectivity index (χ2n) is 3.67. The maximum Gasteiger partial charge on any atom is 0.303 e. The molecule has 0 bridgehead atoms. The summed E-state index contributed by atoms with van der Waals surface area (Å²) in [6, 6.07) is 0. The predicted molar refractivity (Wildman–Crippen MR) is 67.1 cm³/mol. The highest BCUT2D eigenvalue weighted by atomic mass is 16.6. The van der Waals surface area contributed by atoms with E-state index in [1.807, 2.05) is 0 Å². The van der Waals surface area contributed by atoms with E-state index in [0.717, 1.165) is 0 Å². The maximum atomic E-state index is 11.3. The third kappa shape index (κ3) is 7.16. The summed E-state index contributed by atoms with van der Waals surface area (Å²) in [7, 11) is 0. The molecule has 0 saturated heterocycles. The van der Waals surface area contributed by atoms with Crippen molar-refractivity contribution in [3.8, 4) is 0 Å². The quantitative estimate of drug-likeness (QED) is 0.329. The van der Waals surface area contributed by atoms with Crippen LogP contribution in [0.1, 0.15) is 24.8 Å². The standard InChI is InChI=1S/C12H18O9/c1-6(14)19-5-10(18)12(21-8(3)16)11(9(17)4-13)20-7(2)15/h4,10-13,17-18H,5H2,1-3H3/t10-,11-,12+/m1/s1/i1D,2D,3D. The zero-order valence-corrected chi connectivity index (χ0v) is 10.9. The van der Waals surface area contributed by atoms with Crippen molar-refractivity contribution in [3.63, 3.8) is 0 Å². The van der Waals surface area contributed by atoms with Crippen LogP contribution in [-0.2, 0) is 28.6 Å². The van der Waals surface area contributed by atoms with E-state index in [-0.39, 0.29) is 6.26 Å². The number of aliphatic hydroxyl groups is 3. The first-order valence-corrected chi connectivity index (χ1v) is 5.44. The Morgan fingerprint density at radius 1 is 1.14 bits per heavy atom. The van der Waals surface area contributed by atoms with E-state index in [1.165, 1.54) is 0 Å². The summed E-state index contributed by atoms with van der Waals surface area (Å²) in [5.41, 5.74) is 0. The van der Waals surface area contributed by atoms with Gasteiger partial charge >= 0.3 is 17.9 Å². The van der Waals surface area contributed by atoms with Crippen LogP contribution in [0.15, 0.2) is 12.0 Å². The Balaban J connectivity index is 5.38. The van der Waals surface area contributed by atoms with Crippen molar-refractivity contribution in [3.05, 3.63) is 12.0 Å². The first-order valence-electron chi connectivity index (χ1n) is 7.56. The summed E-state index contributed by atoms with van der Waals surface area (Å²) >= 11 is 0. The summed E-state index contributed by atoms with van der Waals surface area (Å²) in [6.45, 7) is -3.24. The minimum Gasteiger partial charge on any atom is -0.512 e. The van der Waals surface area contributed by atoms with Crippen LogP contribution in [-0.4, -0.2) is 58.1 Å². The Kier molecular flexibility index (Phi) is 5.73. The lowest BCUT2D eigenvalue weighted by molar-refractivity contribution is -0.178. The molecule has 0 aliphatic heterocycles. The van der Waals surface area contributed by atoms with Gasteiger partial charge in [-0.1, -0.05) is 0 Å². The molecule has 0 saturated carbocycles. The fraction of sp³-hybridized carbons (Fsp3) is 0.583. The minimum atomic E-state index is -1.90. The van der Waals surface area contributed by atoms with E-state index >= 15 is 0 Å². The Morgan fingerprint density at radius 3 is 2.24 bits per heavy atom. The Labute approximate surface area is 124 Å². The van der Waals surface area contributed by atoms with Gasteiger partial charge in [-0.05, 0) is 0 Å². The van der Waals surface area contributed by atoms with Crippen LogP contribution >= 0.6 is 0 Å². The third-order valence-corrected chi connectivity index (χ3v) is 2.04. The van der Waals surface area contributed by atoms with Crippen LogP contribution < -0.4 is 0 Å². The summed E-state index contributed by atoms with van der Waals surface area (Å²) < 4.78 is 34.3. The molecule has 0 fully saturated rings. The topological polar surface area (TPSA) is 140 Å². The molecule has 0 aromatic rings. The monoisotopic (exact) mass is 309 g/mol. The van der Waals surface area contributed by atoms with Crippen molar-refractivity contribution in [1.82, 2.24) is 0 Å². The van der Waals surface area contributed by atoms with Crippen molar-refractivity contribution in [2.24, 2.45) is 0 Å². The second-order valence-corrected chi connectivity index (χ2v) is 3.67. The van der Waals surface area contributed by atoms with Crippen molar-refractivity contribution < 1.29 is 48.0 Å². The number of esters is 3. The Hall–Kier alpha value is -2.29. The lowest BCUT2D eigenvalue weighted by Gasteiger charge is -2.28. The van der Waals surface area contributed by atoms with Crippen LogP contribution in [0.2, 0.25) is 0 Å². The van der Waals surface area contributed by atoms with Gasteiger partial charge in [-0.2, -0.15) is 0 Å². The van der Waals surface area contributed by atoms with Gasteiger partial charge in [0, 0.05) is 24.8 Å². The van der Waals surface area contributed by atoms with Gasteiger partial charge in [-0.3, -0.25) is 14.4 Å². The molecule has 0 aliphatic rings. The van der Waals surface area contributed by atoms with E-state index < -0.39 is 69.3 Å². The molecular formula is C12H18O9. The second kappa shape index (κ2) is 8.80. The lowest BCUT2D eigenvalue weighted by atomic mass is 10.1. The summed E-state index contributed by atoms with van der Waals surface area (Å²) in [4.78, 5) is 33.5. The number of rotatable bonds is 7. The molecule has 0 aliphatic carbocycles. The van der Waals surface area contributed by atoms with E-state index in [2.05, 4.69) is 9.47 Å². The molecule has 120 valence electrons. The molecular weight excluding hydrogens is 288 g/mol. The third-order valence-electron chi connectivity index (χ3n) is 2.04. The van der Waals surface area contributed by atoms with E-state index in [1.54, 1.807) is 0 Å². The largest absolute Gasteiger partial charge is 0.512 e. The fourth-order valence-electron chi connectivity index (χ4n) is 1.28. The predicted octanol–water partition coefficient (Wildman–Crippen LogP) is -0.269. The SMILES string of the molecule is [2H]CC(=O)OC[C@@H](O)[C@H](OC(=O)C[2H])[C@H](OC(=O)C[2H])C(O)=CO. The Bertz CT molecular complexity index is 469. The molecule has 3 N–H and O–H groups in total. The summed E-state index contributed by atoms with van der Waals surface area (Å²) in [6.07, 6.45) is -5.43. The van der Waals surface area contributed by atoms with Crippen molar-refractivity contribution in [1.29, 1.82) is 0 Å². The summed E-state index contributed by atoms with van der Waals surface area (Å²) in [5.74, 6) is -4.34. The number of carbonyl (C=O) groups excluding carboxylic acids is 3. The highest BCUT2D eigenvalue weighted by molar-refractivity contribution is 5.68. The zero-order valence-electron chi connectivity index (χ0n) is 13.9.